The Kier molecular flexibility index (Phi) is 11.8. The fraction of sp³-hybridized carbons (Fsp3) is 0.639. The molecule has 49 heavy (non-hydrogen) atoms. The maximum Gasteiger partial charge on any atom is 0.411 e. The lowest BCUT2D eigenvalue weighted by Crippen LogP contribution is -2.46. The second kappa shape index (κ2) is 15.9. The summed E-state index contributed by atoms with van der Waals surface area (Å²) in [7, 11) is -3.85. The van der Waals surface area contributed by atoms with Crippen LogP contribution in [0.25, 0.3) is 0 Å². The summed E-state index contributed by atoms with van der Waals surface area (Å²) in [5, 5.41) is 2.22. The van der Waals surface area contributed by atoms with Crippen LogP contribution in [-0.4, -0.2) is 73.5 Å². The number of benzene rings is 1. The number of nitrogens with one attached hydrogen (secondary N) is 2. The van der Waals surface area contributed by atoms with Gasteiger partial charge in [-0.15, -0.1) is 6.58 Å². The van der Waals surface area contributed by atoms with Crippen molar-refractivity contribution >= 4 is 45.4 Å². The topological polar surface area (TPSA) is 165 Å². The molecule has 3 amide bonds. The van der Waals surface area contributed by atoms with E-state index in [1.165, 1.54) is 4.90 Å². The minimum absolute atomic E-state index is 0.00140. The van der Waals surface area contributed by atoms with Gasteiger partial charge in [0.2, 0.25) is 21.8 Å². The van der Waals surface area contributed by atoms with Gasteiger partial charge in [0.15, 0.2) is 5.78 Å². The van der Waals surface area contributed by atoms with E-state index in [2.05, 4.69) is 16.6 Å². The Hall–Kier alpha value is -3.74. The van der Waals surface area contributed by atoms with Crippen LogP contribution >= 0.6 is 0 Å². The molecule has 5 atom stereocenters. The quantitative estimate of drug-likeness (QED) is 0.257. The van der Waals surface area contributed by atoms with Gasteiger partial charge >= 0.3 is 12.1 Å². The molecule has 2 aliphatic carbocycles. The van der Waals surface area contributed by atoms with E-state index in [1.54, 1.807) is 12.1 Å². The number of carbonyl (C=O) groups excluding carboxylic acids is 5. The number of rotatable bonds is 10. The van der Waals surface area contributed by atoms with Gasteiger partial charge in [-0.1, -0.05) is 56.9 Å². The van der Waals surface area contributed by atoms with Crippen LogP contribution in [0.5, 0.6) is 0 Å². The van der Waals surface area contributed by atoms with Crippen molar-refractivity contribution < 1.29 is 41.9 Å². The molecule has 1 aromatic rings. The summed E-state index contributed by atoms with van der Waals surface area (Å²) in [6.07, 6.45) is 6.75. The van der Waals surface area contributed by atoms with Gasteiger partial charge < -0.3 is 14.4 Å². The van der Waals surface area contributed by atoms with Crippen LogP contribution in [0, 0.1) is 17.3 Å². The molecule has 12 nitrogen and oxygen atoms in total. The molecule has 2 bridgehead atoms. The fourth-order valence-corrected chi connectivity index (χ4v) is 8.49. The molecule has 3 fully saturated rings. The van der Waals surface area contributed by atoms with Gasteiger partial charge in [-0.25, -0.2) is 13.2 Å². The minimum Gasteiger partial charge on any atom is -0.466 e. The van der Waals surface area contributed by atoms with Gasteiger partial charge in [0.05, 0.1) is 36.3 Å². The molecule has 2 aliphatic heterocycles. The first-order valence-electron chi connectivity index (χ1n) is 17.7. The van der Waals surface area contributed by atoms with Gasteiger partial charge in [-0.3, -0.25) is 29.2 Å². The van der Waals surface area contributed by atoms with Crippen LogP contribution in [0.2, 0.25) is 0 Å². The Morgan fingerprint density at radius 3 is 2.59 bits per heavy atom. The third-order valence-electron chi connectivity index (χ3n) is 10.3. The van der Waals surface area contributed by atoms with E-state index in [4.69, 9.17) is 9.47 Å². The number of para-hydroxylation sites is 1. The monoisotopic (exact) mass is 699 g/mol. The normalized spacial score (nSPS) is 28.4. The molecule has 2 saturated carbocycles. The molecule has 4 aliphatic rings. The van der Waals surface area contributed by atoms with Crippen molar-refractivity contribution in [2.24, 2.45) is 17.3 Å². The first-order chi connectivity index (χ1) is 23.5. The molecule has 1 saturated heterocycles. The number of carbonyl (C=O) groups is 5. The first kappa shape index (κ1) is 36.5. The highest BCUT2D eigenvalue weighted by molar-refractivity contribution is 7.90. The van der Waals surface area contributed by atoms with Gasteiger partial charge in [-0.05, 0) is 62.5 Å². The molecule has 13 heteroatoms. The van der Waals surface area contributed by atoms with Crippen LogP contribution in [-0.2, 0) is 45.1 Å². The number of sulfonamides is 1. The average molecular weight is 700 g/mol. The second-order valence-electron chi connectivity index (χ2n) is 14.0. The molecule has 0 aromatic heterocycles. The van der Waals surface area contributed by atoms with Crippen molar-refractivity contribution in [2.45, 2.75) is 114 Å². The summed E-state index contributed by atoms with van der Waals surface area (Å²) in [4.78, 5) is 69.2. The number of fused-ring (bicyclic) bond motifs is 3. The van der Waals surface area contributed by atoms with Crippen molar-refractivity contribution in [1.82, 2.24) is 9.62 Å². The van der Waals surface area contributed by atoms with Crippen LogP contribution < -0.4 is 10.0 Å². The lowest BCUT2D eigenvalue weighted by molar-refractivity contribution is -0.150. The average Bonchev–Trinajstić information content (AvgIpc) is 3.99. The van der Waals surface area contributed by atoms with Gasteiger partial charge in [0.25, 0.3) is 0 Å². The number of cyclic esters (lactones) is 1. The molecule has 5 rings (SSSR count). The van der Waals surface area contributed by atoms with Gasteiger partial charge in [-0.2, -0.15) is 0 Å². The Balaban J connectivity index is 1.39. The van der Waals surface area contributed by atoms with Crippen molar-refractivity contribution in [1.29, 1.82) is 0 Å². The number of hydrogen-bond donors (Lipinski definition) is 2. The van der Waals surface area contributed by atoms with Crippen LogP contribution in [0.4, 0.5) is 10.5 Å². The van der Waals surface area contributed by atoms with E-state index in [0.717, 1.165) is 37.7 Å². The largest absolute Gasteiger partial charge is 0.466 e. The summed E-state index contributed by atoms with van der Waals surface area (Å²) in [6.45, 7) is 5.95. The highest BCUT2D eigenvalue weighted by Gasteiger charge is 2.61. The highest BCUT2D eigenvalue weighted by Crippen LogP contribution is 2.57. The third kappa shape index (κ3) is 9.09. The maximum absolute atomic E-state index is 14.2. The second-order valence-corrected chi connectivity index (χ2v) is 16.0. The Labute approximate surface area is 288 Å². The molecule has 268 valence electrons. The van der Waals surface area contributed by atoms with E-state index in [9.17, 15) is 32.4 Å². The number of hydrogen-bond acceptors (Lipinski definition) is 9. The molecular formula is C36H49N3O9S. The van der Waals surface area contributed by atoms with Crippen LogP contribution in [0.3, 0.4) is 0 Å². The zero-order valence-electron chi connectivity index (χ0n) is 28.3. The number of anilines is 1. The molecule has 1 aromatic carbocycles. The number of ketones is 1. The van der Waals surface area contributed by atoms with E-state index in [-0.39, 0.29) is 38.8 Å². The van der Waals surface area contributed by atoms with E-state index < -0.39 is 74.3 Å². The molecule has 0 unspecified atom stereocenters. The maximum atomic E-state index is 14.2. The first-order valence-corrected chi connectivity index (χ1v) is 19.2. The van der Waals surface area contributed by atoms with E-state index >= 15 is 0 Å². The Morgan fingerprint density at radius 1 is 1.12 bits per heavy atom. The lowest BCUT2D eigenvalue weighted by atomic mass is 9.90. The SMILES string of the molecule is C=C[C@@H]1C[C@]1(CC(=O)[C@@H]1C[C@@H]2CN1C(=O)[C@H](CCCC)CC(=O)OCCCCCCc1ccccc1NC(=O)O2)C(=O)NS(=O)(=O)C1CC1. The molecule has 0 spiro atoms. The highest BCUT2D eigenvalue weighted by atomic mass is 32.2. The Bertz CT molecular complexity index is 1540. The van der Waals surface area contributed by atoms with Crippen molar-refractivity contribution in [3.05, 3.63) is 42.5 Å². The number of unbranched alkanes of at least 4 members (excludes halogenated alkanes) is 1. The summed E-state index contributed by atoms with van der Waals surface area (Å²) in [5.41, 5.74) is 0.273. The van der Waals surface area contributed by atoms with Crippen molar-refractivity contribution in [3.63, 3.8) is 0 Å². The smallest absolute Gasteiger partial charge is 0.411 e. The minimum atomic E-state index is -3.85. The van der Waals surface area contributed by atoms with Crippen molar-refractivity contribution in [3.8, 4) is 0 Å². The van der Waals surface area contributed by atoms with Gasteiger partial charge in [0.1, 0.15) is 6.10 Å². The summed E-state index contributed by atoms with van der Waals surface area (Å²) >= 11 is 0. The lowest BCUT2D eigenvalue weighted by Gasteiger charge is -2.28. The number of aryl methyl sites for hydroxylation is 1. The van der Waals surface area contributed by atoms with E-state index in [1.807, 2.05) is 25.1 Å². The molecule has 2 heterocycles. The Morgan fingerprint density at radius 2 is 1.88 bits per heavy atom. The zero-order chi connectivity index (χ0) is 35.2. The molecule has 2 N–H and O–H groups in total. The number of nitrogens with zero attached hydrogens (tertiary/aromatic N) is 1. The summed E-state index contributed by atoms with van der Waals surface area (Å²) in [6, 6.07) is 6.42. The molecular weight excluding hydrogens is 650 g/mol. The van der Waals surface area contributed by atoms with Crippen LogP contribution in [0.1, 0.15) is 96.0 Å². The number of ether oxygens (including phenoxy) is 2. The van der Waals surface area contributed by atoms with Gasteiger partial charge in [0, 0.05) is 24.4 Å². The number of amides is 3. The predicted molar refractivity (Wildman–Crippen MR) is 182 cm³/mol. The number of allylic oxidation sites excluding steroid dienone is 1. The standard InChI is InChI=1S/C36H49N3O9S/c1-3-5-12-25-19-32(41)47-18-11-7-6-8-13-24-14-9-10-15-29(24)37-35(44)48-27-20-30(39(23-27)33(25)42)31(40)22-36(21-26(36)4-2)34(43)38-49(45,46)28-16-17-28/h4,9-10,14-15,25-28,30H,2-3,5-8,11-13,16-23H2,1H3,(H,37,44)(H,38,43)/t25-,26-,27-,30+,36-/m1/s1. The summed E-state index contributed by atoms with van der Waals surface area (Å²) < 4.78 is 38.8. The summed E-state index contributed by atoms with van der Waals surface area (Å²) in [5.74, 6) is -3.22. The fourth-order valence-electron chi connectivity index (χ4n) is 7.11. The third-order valence-corrected chi connectivity index (χ3v) is 12.1. The van der Waals surface area contributed by atoms with Crippen molar-refractivity contribution in [2.75, 3.05) is 18.5 Å². The number of esters is 1. The predicted octanol–water partition coefficient (Wildman–Crippen LogP) is 4.82. The van der Waals surface area contributed by atoms with E-state index in [0.29, 0.717) is 37.8 Å². The van der Waals surface area contributed by atoms with Crippen LogP contribution in [0.15, 0.2) is 36.9 Å². The number of Topliss-reactive ketones (excluding diaryl/α,β-unsaturated/α-hetero) is 1. The zero-order valence-corrected chi connectivity index (χ0v) is 29.1. The molecule has 0 radical (unpaired) electrons.